The van der Waals surface area contributed by atoms with Gasteiger partial charge in [0.2, 0.25) is 5.95 Å². The Balaban J connectivity index is 2.08. The molecular formula is C11H14N4S. The van der Waals surface area contributed by atoms with Crippen LogP contribution in [0.3, 0.4) is 0 Å². The van der Waals surface area contributed by atoms with E-state index in [1.807, 2.05) is 28.4 Å². The highest BCUT2D eigenvalue weighted by atomic mass is 32.1. The normalized spacial score (nSPS) is 12.3. The second-order valence-electron chi connectivity index (χ2n) is 3.43. The molecule has 0 saturated carbocycles. The van der Waals surface area contributed by atoms with E-state index < -0.39 is 0 Å². The van der Waals surface area contributed by atoms with Crippen molar-refractivity contribution in [3.63, 3.8) is 0 Å². The quantitative estimate of drug-likeness (QED) is 0.809. The fourth-order valence-corrected chi connectivity index (χ4v) is 2.09. The summed E-state index contributed by atoms with van der Waals surface area (Å²) in [5.74, 6) is 0.850. The van der Waals surface area contributed by atoms with Crippen LogP contribution in [0.2, 0.25) is 0 Å². The van der Waals surface area contributed by atoms with Crippen molar-refractivity contribution >= 4 is 17.3 Å². The second kappa shape index (κ2) is 4.94. The van der Waals surface area contributed by atoms with Gasteiger partial charge in [0, 0.05) is 30.5 Å². The number of hydrogen-bond acceptors (Lipinski definition) is 4. The molecule has 2 rings (SSSR count). The average molecular weight is 234 g/mol. The van der Waals surface area contributed by atoms with Crippen LogP contribution in [0.5, 0.6) is 0 Å². The molecule has 16 heavy (non-hydrogen) atoms. The predicted octanol–water partition coefficient (Wildman–Crippen LogP) is 2.70. The average Bonchev–Trinajstić information content (AvgIpc) is 2.90. The largest absolute Gasteiger partial charge is 0.347 e. The molecular weight excluding hydrogens is 220 g/mol. The summed E-state index contributed by atoms with van der Waals surface area (Å²) in [5.41, 5.74) is 0. The summed E-state index contributed by atoms with van der Waals surface area (Å²) in [6, 6.07) is 0.172. The molecule has 0 amide bonds. The smallest absolute Gasteiger partial charge is 0.203 e. The highest BCUT2D eigenvalue weighted by Crippen LogP contribution is 2.19. The highest BCUT2D eigenvalue weighted by Gasteiger charge is 2.10. The first-order valence-electron chi connectivity index (χ1n) is 5.09. The summed E-state index contributed by atoms with van der Waals surface area (Å²) in [6.45, 7) is 6.55. The van der Waals surface area contributed by atoms with Crippen LogP contribution in [0.25, 0.3) is 0 Å². The molecule has 2 aromatic rings. The summed E-state index contributed by atoms with van der Waals surface area (Å²) >= 11 is 1.64. The maximum absolute atomic E-state index is 4.27. The van der Waals surface area contributed by atoms with Crippen molar-refractivity contribution in [1.82, 2.24) is 14.5 Å². The standard InChI is InChI=1S/C11H14N4S/c1-3-6-15-7-4-13-11(15)14-9(2)10-12-5-8-16-10/h3-5,7-9H,1,6H2,2H3,(H,13,14). The Morgan fingerprint density at radius 3 is 3.12 bits per heavy atom. The number of nitrogens with zero attached hydrogens (tertiary/aromatic N) is 3. The number of thiazole rings is 1. The monoisotopic (exact) mass is 234 g/mol. The molecule has 1 unspecified atom stereocenters. The maximum atomic E-state index is 4.27. The molecule has 0 radical (unpaired) electrons. The molecule has 5 heteroatoms. The second-order valence-corrected chi connectivity index (χ2v) is 4.35. The summed E-state index contributed by atoms with van der Waals surface area (Å²) < 4.78 is 2.01. The number of allylic oxidation sites excluding steroid dienone is 1. The fraction of sp³-hybridized carbons (Fsp3) is 0.273. The van der Waals surface area contributed by atoms with E-state index in [0.717, 1.165) is 17.5 Å². The number of imidazole rings is 1. The van der Waals surface area contributed by atoms with Gasteiger partial charge in [0.15, 0.2) is 0 Å². The van der Waals surface area contributed by atoms with Crippen LogP contribution in [0.4, 0.5) is 5.95 Å². The van der Waals surface area contributed by atoms with Gasteiger partial charge >= 0.3 is 0 Å². The van der Waals surface area contributed by atoms with Gasteiger partial charge in [-0.25, -0.2) is 9.97 Å². The first kappa shape index (κ1) is 10.9. The van der Waals surface area contributed by atoms with Gasteiger partial charge in [-0.15, -0.1) is 17.9 Å². The Morgan fingerprint density at radius 2 is 2.44 bits per heavy atom. The van der Waals surface area contributed by atoms with Crippen LogP contribution >= 0.6 is 11.3 Å². The van der Waals surface area contributed by atoms with Crippen molar-refractivity contribution in [2.45, 2.75) is 19.5 Å². The van der Waals surface area contributed by atoms with E-state index in [2.05, 4.69) is 28.8 Å². The Morgan fingerprint density at radius 1 is 1.56 bits per heavy atom. The molecule has 0 aliphatic heterocycles. The van der Waals surface area contributed by atoms with Gasteiger partial charge in [-0.05, 0) is 6.92 Å². The number of nitrogens with one attached hydrogen (secondary N) is 1. The van der Waals surface area contributed by atoms with Gasteiger partial charge in [-0.2, -0.15) is 0 Å². The lowest BCUT2D eigenvalue weighted by molar-refractivity contribution is 0.780. The Hall–Kier alpha value is -1.62. The van der Waals surface area contributed by atoms with E-state index in [4.69, 9.17) is 0 Å². The third-order valence-corrected chi connectivity index (χ3v) is 3.17. The molecule has 0 aliphatic rings. The summed E-state index contributed by atoms with van der Waals surface area (Å²) in [7, 11) is 0. The van der Waals surface area contributed by atoms with Crippen molar-refractivity contribution in [2.75, 3.05) is 5.32 Å². The van der Waals surface area contributed by atoms with E-state index in [0.29, 0.717) is 0 Å². The number of hydrogen-bond donors (Lipinski definition) is 1. The molecule has 1 atom stereocenters. The number of aromatic nitrogens is 3. The molecule has 0 aliphatic carbocycles. The summed E-state index contributed by atoms with van der Waals surface area (Å²) in [5, 5.41) is 6.37. The zero-order chi connectivity index (χ0) is 11.4. The number of rotatable bonds is 5. The van der Waals surface area contributed by atoms with Gasteiger partial charge in [0.05, 0.1) is 6.04 Å². The van der Waals surface area contributed by atoms with Crippen molar-refractivity contribution in [3.05, 3.63) is 41.6 Å². The van der Waals surface area contributed by atoms with Crippen LogP contribution < -0.4 is 5.32 Å². The van der Waals surface area contributed by atoms with Crippen molar-refractivity contribution in [1.29, 1.82) is 0 Å². The van der Waals surface area contributed by atoms with Gasteiger partial charge in [-0.3, -0.25) is 0 Å². The zero-order valence-corrected chi connectivity index (χ0v) is 9.94. The molecule has 2 heterocycles. The minimum atomic E-state index is 0.172. The van der Waals surface area contributed by atoms with Crippen molar-refractivity contribution in [3.8, 4) is 0 Å². The topological polar surface area (TPSA) is 42.7 Å². The minimum Gasteiger partial charge on any atom is -0.347 e. The van der Waals surface area contributed by atoms with E-state index in [1.165, 1.54) is 0 Å². The molecule has 0 bridgehead atoms. The summed E-state index contributed by atoms with van der Waals surface area (Å²) in [4.78, 5) is 8.54. The Labute approximate surface area is 98.7 Å². The van der Waals surface area contributed by atoms with Crippen molar-refractivity contribution < 1.29 is 0 Å². The SMILES string of the molecule is C=CCn1ccnc1NC(C)c1nccs1. The highest BCUT2D eigenvalue weighted by molar-refractivity contribution is 7.09. The van der Waals surface area contributed by atoms with Gasteiger partial charge < -0.3 is 9.88 Å². The van der Waals surface area contributed by atoms with Crippen LogP contribution in [0.15, 0.2) is 36.6 Å². The molecule has 2 aromatic heterocycles. The predicted molar refractivity (Wildman–Crippen MR) is 66.6 cm³/mol. The lowest BCUT2D eigenvalue weighted by Gasteiger charge is -2.12. The molecule has 84 valence electrons. The van der Waals surface area contributed by atoms with E-state index in [-0.39, 0.29) is 6.04 Å². The lowest BCUT2D eigenvalue weighted by Crippen LogP contribution is -2.11. The Kier molecular flexibility index (Phi) is 3.36. The molecule has 0 spiro atoms. The van der Waals surface area contributed by atoms with E-state index in [9.17, 15) is 0 Å². The zero-order valence-electron chi connectivity index (χ0n) is 9.13. The molecule has 1 N–H and O–H groups in total. The van der Waals surface area contributed by atoms with Crippen LogP contribution in [0, 0.1) is 0 Å². The van der Waals surface area contributed by atoms with Gasteiger partial charge in [0.1, 0.15) is 5.01 Å². The molecule has 0 aromatic carbocycles. The van der Waals surface area contributed by atoms with Crippen LogP contribution in [-0.2, 0) is 6.54 Å². The fourth-order valence-electron chi connectivity index (χ4n) is 1.44. The molecule has 0 fully saturated rings. The molecule has 0 saturated heterocycles. The maximum Gasteiger partial charge on any atom is 0.203 e. The first-order chi connectivity index (χ1) is 7.81. The van der Waals surface area contributed by atoms with Gasteiger partial charge in [0.25, 0.3) is 0 Å². The van der Waals surface area contributed by atoms with Crippen LogP contribution in [-0.4, -0.2) is 14.5 Å². The third kappa shape index (κ3) is 2.30. The van der Waals surface area contributed by atoms with E-state index in [1.54, 1.807) is 17.5 Å². The van der Waals surface area contributed by atoms with Crippen molar-refractivity contribution in [2.24, 2.45) is 0 Å². The van der Waals surface area contributed by atoms with E-state index >= 15 is 0 Å². The van der Waals surface area contributed by atoms with Gasteiger partial charge in [-0.1, -0.05) is 6.08 Å². The Bertz CT molecular complexity index is 446. The lowest BCUT2D eigenvalue weighted by atomic mass is 10.4. The number of anilines is 1. The first-order valence-corrected chi connectivity index (χ1v) is 5.97. The molecule has 4 nitrogen and oxygen atoms in total. The summed E-state index contributed by atoms with van der Waals surface area (Å²) in [6.07, 6.45) is 7.37. The third-order valence-electron chi connectivity index (χ3n) is 2.21. The van der Waals surface area contributed by atoms with Crippen LogP contribution in [0.1, 0.15) is 18.0 Å². The minimum absolute atomic E-state index is 0.172.